The predicted octanol–water partition coefficient (Wildman–Crippen LogP) is 5.72. The highest BCUT2D eigenvalue weighted by molar-refractivity contribution is 7.98. The first-order chi connectivity index (χ1) is 16.8. The number of piperidine rings is 1. The van der Waals surface area contributed by atoms with Crippen molar-refractivity contribution in [1.29, 1.82) is 0 Å². The van der Waals surface area contributed by atoms with Crippen LogP contribution in [0.1, 0.15) is 38.2 Å². The van der Waals surface area contributed by atoms with Crippen molar-refractivity contribution in [2.24, 2.45) is 5.92 Å². The largest absolute Gasteiger partial charge is 0.376 e. The number of benzene rings is 2. The third-order valence-corrected chi connectivity index (χ3v) is 9.92. The van der Waals surface area contributed by atoms with E-state index >= 15 is 0 Å². The minimum Gasteiger partial charge on any atom is -0.376 e. The zero-order valence-corrected chi connectivity index (χ0v) is 22.0. The first-order valence-corrected chi connectivity index (χ1v) is 14.8. The summed E-state index contributed by atoms with van der Waals surface area (Å²) < 4.78 is 50.7. The summed E-state index contributed by atoms with van der Waals surface area (Å²) in [7, 11) is -3.59. The van der Waals surface area contributed by atoms with Crippen LogP contribution in [-0.4, -0.2) is 48.1 Å². The number of thioether (sulfide) groups is 1. The molecule has 0 aliphatic carbocycles. The first kappa shape index (κ1) is 25.0. The number of aromatic nitrogens is 2. The second-order valence-corrected chi connectivity index (χ2v) is 12.7. The van der Waals surface area contributed by atoms with Gasteiger partial charge in [0.1, 0.15) is 5.82 Å². The van der Waals surface area contributed by atoms with E-state index in [2.05, 4.69) is 11.5 Å². The molecule has 2 fully saturated rings. The number of hydrogen-bond donors (Lipinski definition) is 0. The Morgan fingerprint density at radius 1 is 1.23 bits per heavy atom. The van der Waals surface area contributed by atoms with Crippen LogP contribution in [0.2, 0.25) is 5.02 Å². The van der Waals surface area contributed by atoms with E-state index in [1.54, 1.807) is 28.6 Å². The molecule has 2 saturated heterocycles. The molecule has 0 bridgehead atoms. The number of rotatable bonds is 7. The van der Waals surface area contributed by atoms with Crippen molar-refractivity contribution in [2.45, 2.75) is 61.1 Å². The average Bonchev–Trinajstić information content (AvgIpc) is 3.48. The van der Waals surface area contributed by atoms with E-state index in [0.29, 0.717) is 47.5 Å². The van der Waals surface area contributed by atoms with E-state index < -0.39 is 15.8 Å². The molecule has 2 atom stereocenters. The second kappa shape index (κ2) is 10.4. The summed E-state index contributed by atoms with van der Waals surface area (Å²) in [6, 6.07) is 10.2. The molecule has 0 N–H and O–H groups in total. The summed E-state index contributed by atoms with van der Waals surface area (Å²) in [6.07, 6.45) is 3.98. The number of hydrogen-bond acceptors (Lipinski definition) is 5. The van der Waals surface area contributed by atoms with Gasteiger partial charge in [-0.1, -0.05) is 42.4 Å². The van der Waals surface area contributed by atoms with Crippen molar-refractivity contribution < 1.29 is 17.5 Å². The fourth-order valence-electron chi connectivity index (χ4n) is 4.84. The Hall–Kier alpha value is -1.65. The van der Waals surface area contributed by atoms with Crippen LogP contribution in [0.4, 0.5) is 4.39 Å². The second-order valence-electron chi connectivity index (χ2n) is 9.40. The Morgan fingerprint density at radius 2 is 2.09 bits per heavy atom. The number of ether oxygens (including phenoxy) is 1. The van der Waals surface area contributed by atoms with Crippen molar-refractivity contribution in [1.82, 2.24) is 13.9 Å². The monoisotopic (exact) mass is 537 g/mol. The molecule has 10 heteroatoms. The number of sulfonamides is 1. The van der Waals surface area contributed by atoms with Crippen molar-refractivity contribution in [3.63, 3.8) is 0 Å². The van der Waals surface area contributed by atoms with Gasteiger partial charge in [-0.25, -0.2) is 17.8 Å². The lowest BCUT2D eigenvalue weighted by atomic mass is 10.0. The molecule has 3 aromatic rings. The molecule has 2 aliphatic heterocycles. The molecule has 2 unspecified atom stereocenters. The van der Waals surface area contributed by atoms with Crippen LogP contribution in [0.25, 0.3) is 11.0 Å². The molecule has 6 nitrogen and oxygen atoms in total. The van der Waals surface area contributed by atoms with Crippen LogP contribution in [0.15, 0.2) is 46.5 Å². The first-order valence-electron chi connectivity index (χ1n) is 12.0. The van der Waals surface area contributed by atoms with E-state index in [1.807, 2.05) is 6.07 Å². The van der Waals surface area contributed by atoms with E-state index in [9.17, 15) is 12.8 Å². The molecule has 35 heavy (non-hydrogen) atoms. The van der Waals surface area contributed by atoms with E-state index in [-0.39, 0.29) is 16.0 Å². The zero-order valence-electron chi connectivity index (χ0n) is 19.6. The van der Waals surface area contributed by atoms with Gasteiger partial charge in [0.15, 0.2) is 5.16 Å². The Bertz CT molecular complexity index is 1320. The van der Waals surface area contributed by atoms with Crippen LogP contribution in [0.3, 0.4) is 0 Å². The maximum Gasteiger partial charge on any atom is 0.243 e. The summed E-state index contributed by atoms with van der Waals surface area (Å²) in [6.45, 7) is 4.53. The standard InChI is InChI=1S/C25H29ClFN3O3S2/c1-17-5-3-11-29(14-17)35(31,32)20-9-10-23-22(13-20)28-25(30(23)15-19-7-4-12-33-19)34-16-18-6-2-8-21(26)24(18)27/h2,6,8-10,13,17,19H,3-5,7,11-12,14-16H2,1H3. The van der Waals surface area contributed by atoms with Gasteiger partial charge < -0.3 is 9.30 Å². The minimum absolute atomic E-state index is 0.0768. The van der Waals surface area contributed by atoms with Crippen LogP contribution in [0, 0.1) is 11.7 Å². The Morgan fingerprint density at radius 3 is 2.86 bits per heavy atom. The number of halogens is 2. The normalized spacial score (nSPS) is 21.7. The van der Waals surface area contributed by atoms with Crippen LogP contribution in [0.5, 0.6) is 0 Å². The van der Waals surface area contributed by atoms with Gasteiger partial charge in [-0.15, -0.1) is 0 Å². The highest BCUT2D eigenvalue weighted by Gasteiger charge is 2.29. The van der Waals surface area contributed by atoms with Gasteiger partial charge >= 0.3 is 0 Å². The molecule has 188 valence electrons. The molecule has 3 heterocycles. The smallest absolute Gasteiger partial charge is 0.243 e. The fraction of sp³-hybridized carbons (Fsp3) is 0.480. The zero-order chi connectivity index (χ0) is 24.6. The highest BCUT2D eigenvalue weighted by Crippen LogP contribution is 2.32. The van der Waals surface area contributed by atoms with E-state index in [4.69, 9.17) is 21.3 Å². The lowest BCUT2D eigenvalue weighted by molar-refractivity contribution is 0.0960. The maximum absolute atomic E-state index is 14.5. The lowest BCUT2D eigenvalue weighted by Gasteiger charge is -2.30. The molecular formula is C25H29ClFN3O3S2. The third-order valence-electron chi connectivity index (χ3n) is 6.74. The summed E-state index contributed by atoms with van der Waals surface area (Å²) in [4.78, 5) is 5.05. The van der Waals surface area contributed by atoms with Crippen LogP contribution < -0.4 is 0 Å². The van der Waals surface area contributed by atoms with Gasteiger partial charge in [-0.3, -0.25) is 0 Å². The van der Waals surface area contributed by atoms with Gasteiger partial charge in [0.05, 0.1) is 33.6 Å². The number of nitrogens with zero attached hydrogens (tertiary/aromatic N) is 3. The SMILES string of the molecule is CC1CCCN(S(=O)(=O)c2ccc3c(c2)nc(SCc2cccc(Cl)c2F)n3CC2CCCO2)C1. The van der Waals surface area contributed by atoms with Crippen molar-refractivity contribution in [2.75, 3.05) is 19.7 Å². The molecular weight excluding hydrogens is 509 g/mol. The quantitative estimate of drug-likeness (QED) is 0.361. The van der Waals surface area contributed by atoms with Gasteiger partial charge in [0.2, 0.25) is 10.0 Å². The molecule has 0 amide bonds. The van der Waals surface area contributed by atoms with Crippen molar-refractivity contribution in [3.8, 4) is 0 Å². The van der Waals surface area contributed by atoms with Crippen LogP contribution in [-0.2, 0) is 27.1 Å². The fourth-order valence-corrected chi connectivity index (χ4v) is 7.65. The van der Waals surface area contributed by atoms with Gasteiger partial charge in [0.25, 0.3) is 0 Å². The average molecular weight is 538 g/mol. The Labute approximate surface area is 214 Å². The van der Waals surface area contributed by atoms with Crippen molar-refractivity contribution >= 4 is 44.4 Å². The number of fused-ring (bicyclic) bond motifs is 1. The Kier molecular flexibility index (Phi) is 7.42. The van der Waals surface area contributed by atoms with E-state index in [1.165, 1.54) is 17.8 Å². The lowest BCUT2D eigenvalue weighted by Crippen LogP contribution is -2.39. The van der Waals surface area contributed by atoms with Gasteiger partial charge in [-0.05, 0) is 61.4 Å². The van der Waals surface area contributed by atoms with Gasteiger partial charge in [0, 0.05) is 25.4 Å². The Balaban J connectivity index is 1.48. The summed E-state index contributed by atoms with van der Waals surface area (Å²) in [5.41, 5.74) is 1.96. The summed E-state index contributed by atoms with van der Waals surface area (Å²) in [5.74, 6) is 0.285. The molecule has 5 rings (SSSR count). The minimum atomic E-state index is -3.59. The molecule has 1 aromatic heterocycles. The number of imidazole rings is 1. The molecule has 2 aliphatic rings. The van der Waals surface area contributed by atoms with Gasteiger partial charge in [-0.2, -0.15) is 4.31 Å². The molecule has 0 spiro atoms. The predicted molar refractivity (Wildman–Crippen MR) is 137 cm³/mol. The molecule has 2 aromatic carbocycles. The molecule has 0 radical (unpaired) electrons. The maximum atomic E-state index is 14.5. The third kappa shape index (κ3) is 5.25. The highest BCUT2D eigenvalue weighted by atomic mass is 35.5. The van der Waals surface area contributed by atoms with E-state index in [0.717, 1.165) is 37.8 Å². The summed E-state index contributed by atoms with van der Waals surface area (Å²) in [5, 5.41) is 0.800. The summed E-state index contributed by atoms with van der Waals surface area (Å²) >= 11 is 7.37. The van der Waals surface area contributed by atoms with Crippen molar-refractivity contribution in [3.05, 3.63) is 52.8 Å². The topological polar surface area (TPSA) is 64.4 Å². The molecule has 0 saturated carbocycles. The van der Waals surface area contributed by atoms with Crippen LogP contribution >= 0.6 is 23.4 Å².